The number of anilines is 2. The minimum atomic E-state index is -0.267. The van der Waals surface area contributed by atoms with Gasteiger partial charge in [-0.05, 0) is 23.8 Å². The van der Waals surface area contributed by atoms with Crippen molar-refractivity contribution in [3.05, 3.63) is 66.4 Å². The number of hydrogen-bond donors (Lipinski definition) is 2. The lowest BCUT2D eigenvalue weighted by Gasteiger charge is -2.05. The molecule has 0 aliphatic rings. The Balaban J connectivity index is 1.73. The summed E-state index contributed by atoms with van der Waals surface area (Å²) in [5, 5.41) is 5.97. The van der Waals surface area contributed by atoms with E-state index >= 15 is 0 Å². The van der Waals surface area contributed by atoms with Gasteiger partial charge in [-0.15, -0.1) is 0 Å². The van der Waals surface area contributed by atoms with E-state index in [9.17, 15) is 9.59 Å². The first-order chi connectivity index (χ1) is 11.6. The third-order valence-electron chi connectivity index (χ3n) is 3.23. The number of nitrogens with zero attached hydrogens (tertiary/aromatic N) is 1. The number of amides is 2. The smallest absolute Gasteiger partial charge is 0.257 e. The molecule has 24 heavy (non-hydrogen) atoms. The van der Waals surface area contributed by atoms with Crippen molar-refractivity contribution in [3.8, 4) is 10.4 Å². The minimum Gasteiger partial charge on any atom is -0.326 e. The Morgan fingerprint density at radius 3 is 2.54 bits per heavy atom. The zero-order valence-electron chi connectivity index (χ0n) is 12.9. The Bertz CT molecular complexity index is 875. The van der Waals surface area contributed by atoms with Crippen LogP contribution < -0.4 is 10.6 Å². The fourth-order valence-electron chi connectivity index (χ4n) is 2.18. The molecule has 0 unspecified atom stereocenters. The van der Waals surface area contributed by atoms with E-state index in [4.69, 9.17) is 0 Å². The van der Waals surface area contributed by atoms with E-state index in [-0.39, 0.29) is 11.8 Å². The molecule has 3 aromatic rings. The van der Waals surface area contributed by atoms with Crippen molar-refractivity contribution >= 4 is 34.0 Å². The van der Waals surface area contributed by atoms with Crippen LogP contribution in [0.15, 0.2) is 60.8 Å². The first kappa shape index (κ1) is 15.9. The van der Waals surface area contributed by atoms with E-state index < -0.39 is 0 Å². The van der Waals surface area contributed by atoms with Gasteiger partial charge in [0.15, 0.2) is 5.13 Å². The zero-order chi connectivity index (χ0) is 16.9. The molecule has 0 atom stereocenters. The summed E-state index contributed by atoms with van der Waals surface area (Å²) in [5.41, 5.74) is 2.10. The lowest BCUT2D eigenvalue weighted by atomic mass is 10.2. The Labute approximate surface area is 143 Å². The van der Waals surface area contributed by atoms with Crippen molar-refractivity contribution in [2.24, 2.45) is 0 Å². The van der Waals surface area contributed by atoms with Crippen molar-refractivity contribution in [3.63, 3.8) is 0 Å². The van der Waals surface area contributed by atoms with E-state index in [1.165, 1.54) is 18.3 Å². The fourth-order valence-corrected chi connectivity index (χ4v) is 3.00. The summed E-state index contributed by atoms with van der Waals surface area (Å²) in [6.45, 7) is 1.42. The van der Waals surface area contributed by atoms with Crippen LogP contribution in [0, 0.1) is 0 Å². The Morgan fingerprint density at radius 1 is 1.00 bits per heavy atom. The third-order valence-corrected chi connectivity index (χ3v) is 4.19. The van der Waals surface area contributed by atoms with Gasteiger partial charge >= 0.3 is 0 Å². The number of rotatable bonds is 4. The maximum absolute atomic E-state index is 12.3. The number of hydrogen-bond acceptors (Lipinski definition) is 4. The van der Waals surface area contributed by atoms with Gasteiger partial charge in [0, 0.05) is 24.4 Å². The number of carbonyl (C=O) groups is 2. The van der Waals surface area contributed by atoms with Gasteiger partial charge in [-0.2, -0.15) is 0 Å². The number of nitrogens with one attached hydrogen (secondary N) is 2. The molecule has 0 fully saturated rings. The van der Waals surface area contributed by atoms with E-state index in [1.54, 1.807) is 30.5 Å². The fraction of sp³-hybridized carbons (Fsp3) is 0.0556. The Kier molecular flexibility index (Phi) is 4.67. The van der Waals surface area contributed by atoms with Crippen LogP contribution in [0.2, 0.25) is 0 Å². The number of thiazole rings is 1. The quantitative estimate of drug-likeness (QED) is 0.755. The van der Waals surface area contributed by atoms with Gasteiger partial charge in [0.1, 0.15) is 0 Å². The van der Waals surface area contributed by atoms with Crippen molar-refractivity contribution < 1.29 is 9.59 Å². The van der Waals surface area contributed by atoms with E-state index in [0.29, 0.717) is 16.4 Å². The summed E-state index contributed by atoms with van der Waals surface area (Å²) < 4.78 is 0. The minimum absolute atomic E-state index is 0.181. The first-order valence-corrected chi connectivity index (χ1v) is 8.14. The highest BCUT2D eigenvalue weighted by Crippen LogP contribution is 2.28. The topological polar surface area (TPSA) is 71.1 Å². The molecule has 1 heterocycles. The average Bonchev–Trinajstić information content (AvgIpc) is 3.04. The van der Waals surface area contributed by atoms with Gasteiger partial charge in [0.05, 0.1) is 4.88 Å². The summed E-state index contributed by atoms with van der Waals surface area (Å²) in [5.74, 6) is -0.448. The molecule has 0 aliphatic carbocycles. The average molecular weight is 337 g/mol. The number of carbonyl (C=O) groups excluding carboxylic acids is 2. The summed E-state index contributed by atoms with van der Waals surface area (Å²) in [6, 6.07) is 16.6. The van der Waals surface area contributed by atoms with Crippen LogP contribution in [0.3, 0.4) is 0 Å². The Hall–Kier alpha value is -2.99. The molecule has 0 bridgehead atoms. The standard InChI is InChI=1S/C18H15N3O2S/c1-12(22)20-15-9-5-8-14(10-15)17(23)21-18-19-11-16(24-18)13-6-3-2-4-7-13/h2-11H,1H3,(H,20,22)(H,19,21,23). The molecule has 6 heteroatoms. The largest absolute Gasteiger partial charge is 0.326 e. The normalized spacial score (nSPS) is 10.2. The van der Waals surface area contributed by atoms with Gasteiger partial charge < -0.3 is 5.32 Å². The van der Waals surface area contributed by atoms with Gasteiger partial charge in [-0.3, -0.25) is 14.9 Å². The van der Waals surface area contributed by atoms with Gasteiger partial charge in [-0.25, -0.2) is 4.98 Å². The number of aromatic nitrogens is 1. The summed E-state index contributed by atoms with van der Waals surface area (Å²) >= 11 is 1.41. The summed E-state index contributed by atoms with van der Waals surface area (Å²) in [4.78, 5) is 28.7. The van der Waals surface area contributed by atoms with Crippen LogP contribution in [-0.2, 0) is 4.79 Å². The van der Waals surface area contributed by atoms with Gasteiger partial charge in [-0.1, -0.05) is 47.7 Å². The van der Waals surface area contributed by atoms with E-state index in [2.05, 4.69) is 15.6 Å². The molecule has 1 aromatic heterocycles. The molecule has 2 N–H and O–H groups in total. The molecular formula is C18H15N3O2S. The molecule has 120 valence electrons. The van der Waals surface area contributed by atoms with Crippen LogP contribution in [-0.4, -0.2) is 16.8 Å². The maximum Gasteiger partial charge on any atom is 0.257 e. The second-order valence-corrected chi connectivity index (χ2v) is 6.14. The molecule has 0 saturated carbocycles. The highest BCUT2D eigenvalue weighted by atomic mass is 32.1. The van der Waals surface area contributed by atoms with Crippen LogP contribution in [0.5, 0.6) is 0 Å². The second-order valence-electron chi connectivity index (χ2n) is 5.11. The highest BCUT2D eigenvalue weighted by molar-refractivity contribution is 7.19. The molecular weight excluding hydrogens is 322 g/mol. The molecule has 0 saturated heterocycles. The second kappa shape index (κ2) is 7.06. The van der Waals surface area contributed by atoms with Crippen molar-refractivity contribution in [2.75, 3.05) is 10.6 Å². The first-order valence-electron chi connectivity index (χ1n) is 7.32. The predicted molar refractivity (Wildman–Crippen MR) is 96.2 cm³/mol. The van der Waals surface area contributed by atoms with Crippen molar-refractivity contribution in [2.45, 2.75) is 6.92 Å². The van der Waals surface area contributed by atoms with Crippen LogP contribution >= 0.6 is 11.3 Å². The maximum atomic E-state index is 12.3. The van der Waals surface area contributed by atoms with Crippen LogP contribution in [0.25, 0.3) is 10.4 Å². The lowest BCUT2D eigenvalue weighted by molar-refractivity contribution is -0.114. The predicted octanol–water partition coefficient (Wildman–Crippen LogP) is 4.02. The summed E-state index contributed by atoms with van der Waals surface area (Å²) in [6.07, 6.45) is 1.74. The van der Waals surface area contributed by atoms with Gasteiger partial charge in [0.2, 0.25) is 5.91 Å². The molecule has 3 rings (SSSR count). The van der Waals surface area contributed by atoms with Gasteiger partial charge in [0.25, 0.3) is 5.91 Å². The van der Waals surface area contributed by atoms with Crippen molar-refractivity contribution in [1.29, 1.82) is 0 Å². The molecule has 2 amide bonds. The van der Waals surface area contributed by atoms with E-state index in [1.807, 2.05) is 30.3 Å². The lowest BCUT2D eigenvalue weighted by Crippen LogP contribution is -2.12. The van der Waals surface area contributed by atoms with Crippen LogP contribution in [0.1, 0.15) is 17.3 Å². The summed E-state index contributed by atoms with van der Waals surface area (Å²) in [7, 11) is 0. The Morgan fingerprint density at radius 2 is 1.79 bits per heavy atom. The molecule has 0 spiro atoms. The SMILES string of the molecule is CC(=O)Nc1cccc(C(=O)Nc2ncc(-c3ccccc3)s2)c1. The third kappa shape index (κ3) is 3.85. The zero-order valence-corrected chi connectivity index (χ0v) is 13.8. The molecule has 2 aromatic carbocycles. The monoisotopic (exact) mass is 337 g/mol. The van der Waals surface area contributed by atoms with Crippen LogP contribution in [0.4, 0.5) is 10.8 Å². The molecule has 0 aliphatic heterocycles. The molecule has 5 nitrogen and oxygen atoms in total. The highest BCUT2D eigenvalue weighted by Gasteiger charge is 2.10. The van der Waals surface area contributed by atoms with Crippen molar-refractivity contribution in [1.82, 2.24) is 4.98 Å². The van der Waals surface area contributed by atoms with E-state index in [0.717, 1.165) is 10.4 Å². The molecule has 0 radical (unpaired) electrons. The number of benzene rings is 2.